The van der Waals surface area contributed by atoms with Gasteiger partial charge >= 0.3 is 5.97 Å². The van der Waals surface area contributed by atoms with Crippen molar-refractivity contribution in [2.45, 2.75) is 57.3 Å². The number of rotatable bonds is 14. The normalized spacial score (nSPS) is 17.7. The first kappa shape index (κ1) is 32.4. The number of nitrogens with one attached hydrogen (secondary N) is 2. The SMILES string of the molecule is C=CCNNC(=O)[C@@]1(CCC(=O)OC(C)(C)C)N=C(c2ccc(OCCCO)cc2)O[C@H]1c1ccc(-c2ccccc2)cc1. The fraction of sp³-hybridized carbons (Fsp3) is 0.343. The molecule has 9 heteroatoms. The van der Waals surface area contributed by atoms with Crippen molar-refractivity contribution in [3.05, 3.63) is 103 Å². The smallest absolute Gasteiger partial charge is 0.306 e. The molecule has 3 aromatic rings. The Balaban J connectivity index is 1.72. The molecule has 1 heterocycles. The van der Waals surface area contributed by atoms with Crippen molar-refractivity contribution in [3.63, 3.8) is 0 Å². The molecule has 0 saturated carbocycles. The topological polar surface area (TPSA) is 118 Å². The van der Waals surface area contributed by atoms with Crippen molar-refractivity contribution in [2.24, 2.45) is 4.99 Å². The Hall–Kier alpha value is -4.47. The van der Waals surface area contributed by atoms with E-state index in [9.17, 15) is 9.59 Å². The van der Waals surface area contributed by atoms with Crippen LogP contribution in [0.5, 0.6) is 5.75 Å². The van der Waals surface area contributed by atoms with Gasteiger partial charge in [0.1, 0.15) is 11.4 Å². The van der Waals surface area contributed by atoms with Gasteiger partial charge in [0.05, 0.1) is 6.61 Å². The molecule has 4 rings (SSSR count). The number of aliphatic imine (C=N–C) groups is 1. The van der Waals surface area contributed by atoms with Gasteiger partial charge in [-0.05, 0) is 68.1 Å². The van der Waals surface area contributed by atoms with E-state index in [2.05, 4.69) is 17.4 Å². The number of aliphatic hydroxyl groups excluding tert-OH is 1. The summed E-state index contributed by atoms with van der Waals surface area (Å²) in [4.78, 5) is 31.8. The number of hydrogen-bond donors (Lipinski definition) is 3. The number of hydrazine groups is 1. The Morgan fingerprint density at radius 1 is 1.00 bits per heavy atom. The number of benzene rings is 3. The van der Waals surface area contributed by atoms with E-state index in [1.165, 1.54) is 0 Å². The van der Waals surface area contributed by atoms with Crippen LogP contribution in [0.3, 0.4) is 0 Å². The summed E-state index contributed by atoms with van der Waals surface area (Å²) in [6, 6.07) is 25.0. The van der Waals surface area contributed by atoms with E-state index in [1.54, 1.807) is 51.1 Å². The fourth-order valence-corrected chi connectivity index (χ4v) is 4.85. The minimum atomic E-state index is -1.50. The van der Waals surface area contributed by atoms with Gasteiger partial charge in [0, 0.05) is 31.6 Å². The monoisotopic (exact) mass is 599 g/mol. The summed E-state index contributed by atoms with van der Waals surface area (Å²) < 4.78 is 17.8. The third-order valence-corrected chi connectivity index (χ3v) is 6.93. The van der Waals surface area contributed by atoms with Crippen LogP contribution in [0.2, 0.25) is 0 Å². The molecule has 44 heavy (non-hydrogen) atoms. The maximum absolute atomic E-state index is 14.0. The minimum absolute atomic E-state index is 0.0421. The Morgan fingerprint density at radius 3 is 2.30 bits per heavy atom. The number of nitrogens with zero attached hydrogens (tertiary/aromatic N) is 1. The van der Waals surface area contributed by atoms with Crippen molar-refractivity contribution in [1.82, 2.24) is 10.9 Å². The zero-order valence-corrected chi connectivity index (χ0v) is 25.5. The van der Waals surface area contributed by atoms with Gasteiger partial charge in [0.15, 0.2) is 11.6 Å². The van der Waals surface area contributed by atoms with E-state index in [4.69, 9.17) is 24.3 Å². The number of carbonyl (C=O) groups excluding carboxylic acids is 2. The number of hydrogen-bond acceptors (Lipinski definition) is 8. The highest BCUT2D eigenvalue weighted by molar-refractivity contribution is 6.01. The summed E-state index contributed by atoms with van der Waals surface area (Å²) in [5.41, 5.74) is 6.89. The molecule has 0 bridgehead atoms. The second-order valence-corrected chi connectivity index (χ2v) is 11.5. The van der Waals surface area contributed by atoms with Crippen molar-refractivity contribution < 1.29 is 28.9 Å². The quantitative estimate of drug-likeness (QED) is 0.0996. The summed E-state index contributed by atoms with van der Waals surface area (Å²) in [5.74, 6) is 0.0254. The van der Waals surface area contributed by atoms with E-state index < -0.39 is 29.1 Å². The Labute approximate surface area is 258 Å². The molecule has 0 unspecified atom stereocenters. The second kappa shape index (κ2) is 14.8. The van der Waals surface area contributed by atoms with E-state index in [-0.39, 0.29) is 25.3 Å². The third-order valence-electron chi connectivity index (χ3n) is 6.93. The van der Waals surface area contributed by atoms with Gasteiger partial charge < -0.3 is 19.3 Å². The van der Waals surface area contributed by atoms with E-state index >= 15 is 0 Å². The van der Waals surface area contributed by atoms with Gasteiger partial charge in [0.2, 0.25) is 5.90 Å². The van der Waals surface area contributed by atoms with Crippen LogP contribution >= 0.6 is 0 Å². The average molecular weight is 600 g/mol. The molecule has 0 fully saturated rings. The average Bonchev–Trinajstić information content (AvgIpc) is 3.41. The van der Waals surface area contributed by atoms with Gasteiger partial charge in [-0.1, -0.05) is 60.7 Å². The van der Waals surface area contributed by atoms with Gasteiger partial charge in [-0.15, -0.1) is 6.58 Å². The fourth-order valence-electron chi connectivity index (χ4n) is 4.85. The molecule has 3 aromatic carbocycles. The highest BCUT2D eigenvalue weighted by atomic mass is 16.6. The largest absolute Gasteiger partial charge is 0.494 e. The molecule has 1 aliphatic heterocycles. The molecule has 9 nitrogen and oxygen atoms in total. The molecule has 1 amide bonds. The maximum atomic E-state index is 14.0. The number of ether oxygens (including phenoxy) is 3. The van der Waals surface area contributed by atoms with Crippen LogP contribution in [0, 0.1) is 0 Å². The molecular formula is C35H41N3O6. The van der Waals surface area contributed by atoms with Crippen molar-refractivity contribution in [1.29, 1.82) is 0 Å². The predicted octanol–water partition coefficient (Wildman–Crippen LogP) is 5.30. The summed E-state index contributed by atoms with van der Waals surface area (Å²) in [5, 5.41) is 9.04. The molecule has 232 valence electrons. The molecule has 1 aliphatic rings. The van der Waals surface area contributed by atoms with Crippen LogP contribution in [0.25, 0.3) is 11.1 Å². The van der Waals surface area contributed by atoms with E-state index in [1.807, 2.05) is 54.6 Å². The molecular weight excluding hydrogens is 558 g/mol. The van der Waals surface area contributed by atoms with Gasteiger partial charge in [-0.3, -0.25) is 15.0 Å². The highest BCUT2D eigenvalue weighted by Crippen LogP contribution is 2.43. The summed E-state index contributed by atoms with van der Waals surface area (Å²) in [7, 11) is 0. The standard InChI is InChI=1S/C35H41N3O6/c1-5-22-36-38-33(41)35(21-20-30(40)44-34(2,3)4)31(27-14-12-26(13-15-27)25-10-7-6-8-11-25)43-32(37-35)28-16-18-29(19-17-28)42-24-9-23-39/h5-8,10-19,31,36,39H,1,9,20-24H2,2-4H3,(H,38,41)/t31-,35-/m0/s1. The summed E-state index contributed by atoms with van der Waals surface area (Å²) >= 11 is 0. The lowest BCUT2D eigenvalue weighted by atomic mass is 9.83. The zero-order valence-electron chi connectivity index (χ0n) is 25.5. The third kappa shape index (κ3) is 8.33. The van der Waals surface area contributed by atoms with Gasteiger partial charge in [-0.25, -0.2) is 10.4 Å². The molecule has 0 saturated heterocycles. The zero-order chi connectivity index (χ0) is 31.6. The first-order valence-corrected chi connectivity index (χ1v) is 14.8. The van der Waals surface area contributed by atoms with Crippen molar-refractivity contribution in [2.75, 3.05) is 19.8 Å². The minimum Gasteiger partial charge on any atom is -0.494 e. The molecule has 3 N–H and O–H groups in total. The lowest BCUT2D eigenvalue weighted by Gasteiger charge is -2.31. The number of amides is 1. The van der Waals surface area contributed by atoms with Gasteiger partial charge in [-0.2, -0.15) is 0 Å². The summed E-state index contributed by atoms with van der Waals surface area (Å²) in [6.07, 6.45) is 1.30. The molecule has 0 radical (unpaired) electrons. The van der Waals surface area contributed by atoms with Crippen LogP contribution in [0.15, 0.2) is 96.5 Å². The van der Waals surface area contributed by atoms with Crippen molar-refractivity contribution >= 4 is 17.8 Å². The van der Waals surface area contributed by atoms with Crippen molar-refractivity contribution in [3.8, 4) is 16.9 Å². The summed E-state index contributed by atoms with van der Waals surface area (Å²) in [6.45, 7) is 9.87. The second-order valence-electron chi connectivity index (χ2n) is 11.5. The Kier molecular flexibility index (Phi) is 10.9. The maximum Gasteiger partial charge on any atom is 0.306 e. The van der Waals surface area contributed by atoms with E-state index in [0.29, 0.717) is 30.9 Å². The first-order valence-electron chi connectivity index (χ1n) is 14.8. The first-order chi connectivity index (χ1) is 21.1. The van der Waals surface area contributed by atoms with Crippen LogP contribution in [0.1, 0.15) is 57.3 Å². The number of aliphatic hydroxyl groups is 1. The highest BCUT2D eigenvalue weighted by Gasteiger charge is 2.53. The number of carbonyl (C=O) groups is 2. The lowest BCUT2D eigenvalue weighted by molar-refractivity contribution is -0.155. The van der Waals surface area contributed by atoms with Crippen LogP contribution in [-0.4, -0.2) is 53.8 Å². The molecule has 0 spiro atoms. The predicted molar refractivity (Wildman–Crippen MR) is 170 cm³/mol. The van der Waals surface area contributed by atoms with E-state index in [0.717, 1.165) is 16.7 Å². The van der Waals surface area contributed by atoms with Gasteiger partial charge in [0.25, 0.3) is 5.91 Å². The van der Waals surface area contributed by atoms with Crippen LogP contribution < -0.4 is 15.6 Å². The van der Waals surface area contributed by atoms with Crippen LogP contribution in [0.4, 0.5) is 0 Å². The Morgan fingerprint density at radius 2 is 1.66 bits per heavy atom. The molecule has 2 atom stereocenters. The Bertz CT molecular complexity index is 1430. The molecule has 0 aliphatic carbocycles. The molecule has 0 aromatic heterocycles. The van der Waals surface area contributed by atoms with Crippen LogP contribution in [-0.2, 0) is 19.1 Å². The lowest BCUT2D eigenvalue weighted by Crippen LogP contribution is -2.53. The number of esters is 1.